The molecule has 1 aliphatic heterocycles. The topological polar surface area (TPSA) is 52.1 Å². The first-order chi connectivity index (χ1) is 9.16. The maximum Gasteiger partial charge on any atom is 0.195 e. The van der Waals surface area contributed by atoms with E-state index in [1.54, 1.807) is 0 Å². The van der Waals surface area contributed by atoms with Crippen molar-refractivity contribution in [1.82, 2.24) is 14.8 Å². The average molecular weight is 277 g/mol. The summed E-state index contributed by atoms with van der Waals surface area (Å²) in [5, 5.41) is 7.09. The number of H-pyrrole nitrogens is 1. The first-order valence-corrected chi connectivity index (χ1v) is 6.63. The summed E-state index contributed by atoms with van der Waals surface area (Å²) in [5.74, 6) is 2.28. The Morgan fingerprint density at radius 1 is 1.37 bits per heavy atom. The summed E-state index contributed by atoms with van der Waals surface area (Å²) >= 11 is 5.24. The van der Waals surface area contributed by atoms with Crippen LogP contribution in [0.3, 0.4) is 0 Å². The molecule has 3 rings (SSSR count). The van der Waals surface area contributed by atoms with E-state index in [1.807, 2.05) is 28.8 Å². The van der Waals surface area contributed by atoms with Crippen molar-refractivity contribution in [2.24, 2.45) is 0 Å². The number of nitrogens with zero attached hydrogens (tertiary/aromatic N) is 2. The molecule has 5 nitrogen and oxygen atoms in total. The third-order valence-corrected chi connectivity index (χ3v) is 3.33. The van der Waals surface area contributed by atoms with E-state index in [0.717, 1.165) is 17.3 Å². The molecule has 2 heterocycles. The lowest BCUT2D eigenvalue weighted by molar-refractivity contribution is 0.0813. The maximum atomic E-state index is 5.95. The van der Waals surface area contributed by atoms with Crippen LogP contribution < -0.4 is 9.47 Å². The summed E-state index contributed by atoms with van der Waals surface area (Å²) in [5.41, 5.74) is 0. The third-order valence-electron chi connectivity index (χ3n) is 3.04. The van der Waals surface area contributed by atoms with Crippen molar-refractivity contribution < 1.29 is 9.47 Å². The molecule has 1 aromatic carbocycles. The van der Waals surface area contributed by atoms with E-state index < -0.39 is 0 Å². The van der Waals surface area contributed by atoms with Crippen molar-refractivity contribution in [3.05, 3.63) is 34.9 Å². The van der Waals surface area contributed by atoms with Gasteiger partial charge in [-0.2, -0.15) is 5.10 Å². The molecule has 0 saturated heterocycles. The van der Waals surface area contributed by atoms with E-state index in [-0.39, 0.29) is 12.1 Å². The van der Waals surface area contributed by atoms with Crippen molar-refractivity contribution in [1.29, 1.82) is 0 Å². The second kappa shape index (κ2) is 4.70. The van der Waals surface area contributed by atoms with E-state index >= 15 is 0 Å². The van der Waals surface area contributed by atoms with Gasteiger partial charge in [-0.3, -0.25) is 9.67 Å². The minimum atomic E-state index is -0.245. The lowest BCUT2D eigenvalue weighted by Gasteiger charge is -2.26. The number of rotatable bonds is 2. The molecule has 0 saturated carbocycles. The molecule has 1 atom stereocenters. The van der Waals surface area contributed by atoms with Gasteiger partial charge in [0.05, 0.1) is 0 Å². The van der Waals surface area contributed by atoms with E-state index in [1.165, 1.54) is 0 Å². The van der Waals surface area contributed by atoms with Crippen molar-refractivity contribution in [3.63, 3.8) is 0 Å². The van der Waals surface area contributed by atoms with Gasteiger partial charge in [0.15, 0.2) is 28.2 Å². The molecule has 0 radical (unpaired) electrons. The summed E-state index contributed by atoms with van der Waals surface area (Å²) in [6, 6.07) is 7.85. The van der Waals surface area contributed by atoms with Gasteiger partial charge in [0.1, 0.15) is 6.61 Å². The van der Waals surface area contributed by atoms with E-state index in [0.29, 0.717) is 11.4 Å². The van der Waals surface area contributed by atoms with Crippen LogP contribution in [0.25, 0.3) is 0 Å². The highest BCUT2D eigenvalue weighted by molar-refractivity contribution is 7.71. The van der Waals surface area contributed by atoms with Crippen LogP contribution in [-0.2, 0) is 0 Å². The number of aromatic amines is 1. The molecular weight excluding hydrogens is 262 g/mol. The first-order valence-electron chi connectivity index (χ1n) is 6.22. The first kappa shape index (κ1) is 12.2. The van der Waals surface area contributed by atoms with Crippen LogP contribution in [0.1, 0.15) is 31.8 Å². The van der Waals surface area contributed by atoms with E-state index in [2.05, 4.69) is 24.0 Å². The SMILES string of the molecule is CC(C)n1c([C@H]2COc3ccccc3O2)n[nH]c1=S. The second-order valence-electron chi connectivity index (χ2n) is 4.71. The normalized spacial score (nSPS) is 17.7. The number of aromatic nitrogens is 3. The van der Waals surface area contributed by atoms with Crippen LogP contribution in [0, 0.1) is 4.77 Å². The average Bonchev–Trinajstić information content (AvgIpc) is 2.80. The Hall–Kier alpha value is -1.82. The Morgan fingerprint density at radius 2 is 2.11 bits per heavy atom. The number of ether oxygens (including phenoxy) is 2. The fraction of sp³-hybridized carbons (Fsp3) is 0.385. The molecule has 0 amide bonds. The molecule has 1 aliphatic rings. The molecule has 19 heavy (non-hydrogen) atoms. The summed E-state index contributed by atoms with van der Waals surface area (Å²) in [6.07, 6.45) is -0.245. The molecular formula is C13H15N3O2S. The molecule has 6 heteroatoms. The Bertz CT molecular complexity index is 647. The molecule has 1 N–H and O–H groups in total. The van der Waals surface area contributed by atoms with Crippen LogP contribution in [0.2, 0.25) is 0 Å². The zero-order chi connectivity index (χ0) is 13.4. The summed E-state index contributed by atoms with van der Waals surface area (Å²) < 4.78 is 14.2. The Kier molecular flexibility index (Phi) is 3.02. The Labute approximate surface area is 116 Å². The Morgan fingerprint density at radius 3 is 2.84 bits per heavy atom. The molecule has 100 valence electrons. The number of fused-ring (bicyclic) bond motifs is 1. The van der Waals surface area contributed by atoms with Crippen LogP contribution in [0.15, 0.2) is 24.3 Å². The minimum absolute atomic E-state index is 0.224. The highest BCUT2D eigenvalue weighted by Gasteiger charge is 2.27. The van der Waals surface area contributed by atoms with Crippen molar-refractivity contribution >= 4 is 12.2 Å². The predicted octanol–water partition coefficient (Wildman–Crippen LogP) is 3.03. The van der Waals surface area contributed by atoms with Gasteiger partial charge in [-0.15, -0.1) is 0 Å². The van der Waals surface area contributed by atoms with Gasteiger partial charge < -0.3 is 9.47 Å². The predicted molar refractivity (Wildman–Crippen MR) is 73.1 cm³/mol. The molecule has 0 bridgehead atoms. The maximum absolute atomic E-state index is 5.95. The fourth-order valence-electron chi connectivity index (χ4n) is 2.19. The number of para-hydroxylation sites is 2. The van der Waals surface area contributed by atoms with Gasteiger partial charge >= 0.3 is 0 Å². The molecule has 1 aromatic heterocycles. The van der Waals surface area contributed by atoms with Crippen LogP contribution in [0.5, 0.6) is 11.5 Å². The largest absolute Gasteiger partial charge is 0.485 e. The highest BCUT2D eigenvalue weighted by Crippen LogP contribution is 2.35. The quantitative estimate of drug-likeness (QED) is 0.857. The van der Waals surface area contributed by atoms with Gasteiger partial charge in [0, 0.05) is 6.04 Å². The van der Waals surface area contributed by atoms with Crippen molar-refractivity contribution in [3.8, 4) is 11.5 Å². The number of hydrogen-bond donors (Lipinski definition) is 1. The number of nitrogens with one attached hydrogen (secondary N) is 1. The number of hydrogen-bond acceptors (Lipinski definition) is 4. The molecule has 0 spiro atoms. The Balaban J connectivity index is 1.96. The molecule has 0 aliphatic carbocycles. The smallest absolute Gasteiger partial charge is 0.195 e. The van der Waals surface area contributed by atoms with Gasteiger partial charge in [0.25, 0.3) is 0 Å². The number of benzene rings is 1. The zero-order valence-electron chi connectivity index (χ0n) is 10.8. The van der Waals surface area contributed by atoms with Crippen LogP contribution in [-0.4, -0.2) is 21.4 Å². The standard InChI is InChI=1S/C13H15N3O2S/c1-8(2)16-12(14-15-13(16)19)11-7-17-9-5-3-4-6-10(9)18-11/h3-6,8,11H,7H2,1-2H3,(H,15,19)/t11-/m1/s1. The highest BCUT2D eigenvalue weighted by atomic mass is 32.1. The summed E-state index contributed by atoms with van der Waals surface area (Å²) in [7, 11) is 0. The van der Waals surface area contributed by atoms with Gasteiger partial charge in [-0.05, 0) is 38.2 Å². The van der Waals surface area contributed by atoms with Crippen LogP contribution in [0.4, 0.5) is 0 Å². The third kappa shape index (κ3) is 2.12. The van der Waals surface area contributed by atoms with Crippen molar-refractivity contribution in [2.75, 3.05) is 6.61 Å². The van der Waals surface area contributed by atoms with Crippen molar-refractivity contribution in [2.45, 2.75) is 26.0 Å². The molecule has 0 unspecified atom stereocenters. The van der Waals surface area contributed by atoms with Gasteiger partial charge in [0.2, 0.25) is 0 Å². The van der Waals surface area contributed by atoms with E-state index in [4.69, 9.17) is 21.7 Å². The fourth-order valence-corrected chi connectivity index (χ4v) is 2.54. The zero-order valence-corrected chi connectivity index (χ0v) is 11.6. The van der Waals surface area contributed by atoms with Gasteiger partial charge in [-0.25, -0.2) is 0 Å². The molecule has 2 aromatic rings. The van der Waals surface area contributed by atoms with E-state index in [9.17, 15) is 0 Å². The minimum Gasteiger partial charge on any atom is -0.485 e. The monoisotopic (exact) mass is 277 g/mol. The van der Waals surface area contributed by atoms with Crippen LogP contribution >= 0.6 is 12.2 Å². The lowest BCUT2D eigenvalue weighted by Crippen LogP contribution is -2.25. The summed E-state index contributed by atoms with van der Waals surface area (Å²) in [4.78, 5) is 0. The lowest BCUT2D eigenvalue weighted by atomic mass is 10.2. The van der Waals surface area contributed by atoms with Gasteiger partial charge in [-0.1, -0.05) is 12.1 Å². The summed E-state index contributed by atoms with van der Waals surface area (Å²) in [6.45, 7) is 4.56. The molecule has 0 fully saturated rings. The second-order valence-corrected chi connectivity index (χ2v) is 5.10.